The maximum absolute atomic E-state index is 12.9. The summed E-state index contributed by atoms with van der Waals surface area (Å²) in [6, 6.07) is 9.99. The van der Waals surface area contributed by atoms with Crippen molar-refractivity contribution in [3.8, 4) is 0 Å². The molecule has 170 valence electrons. The minimum Gasteiger partial charge on any atom is -0.353 e. The van der Waals surface area contributed by atoms with Crippen LogP contribution in [0, 0.1) is 13.8 Å². The van der Waals surface area contributed by atoms with Gasteiger partial charge in [0.25, 0.3) is 0 Å². The number of thioether (sulfide) groups is 1. The van der Waals surface area contributed by atoms with Gasteiger partial charge in [0.1, 0.15) is 6.04 Å². The molecule has 9 heteroatoms. The Labute approximate surface area is 199 Å². The maximum atomic E-state index is 12.9. The fourth-order valence-electron chi connectivity index (χ4n) is 3.11. The van der Waals surface area contributed by atoms with Crippen molar-refractivity contribution < 1.29 is 13.2 Å². The number of hydrogen-bond acceptors (Lipinski definition) is 4. The number of benzene rings is 2. The molecule has 0 aromatic heterocycles. The number of aryl methyl sites for hydroxylation is 2. The number of rotatable bonds is 10. The minimum absolute atomic E-state index is 0.309. The largest absolute Gasteiger partial charge is 0.353 e. The van der Waals surface area contributed by atoms with Crippen molar-refractivity contribution in [3.63, 3.8) is 0 Å². The van der Waals surface area contributed by atoms with Crippen LogP contribution in [0.15, 0.2) is 36.4 Å². The predicted molar refractivity (Wildman–Crippen MR) is 133 cm³/mol. The molecule has 0 fully saturated rings. The lowest BCUT2D eigenvalue weighted by Gasteiger charge is -2.30. The first kappa shape index (κ1) is 25.8. The summed E-state index contributed by atoms with van der Waals surface area (Å²) < 4.78 is 26.3. The van der Waals surface area contributed by atoms with E-state index in [9.17, 15) is 13.2 Å². The van der Waals surface area contributed by atoms with E-state index in [2.05, 4.69) is 5.32 Å². The van der Waals surface area contributed by atoms with Crippen LogP contribution in [0.2, 0.25) is 10.0 Å². The zero-order chi connectivity index (χ0) is 23.2. The van der Waals surface area contributed by atoms with Crippen LogP contribution < -0.4 is 9.62 Å². The van der Waals surface area contributed by atoms with Gasteiger partial charge in [0.15, 0.2) is 0 Å². The van der Waals surface area contributed by atoms with Gasteiger partial charge in [-0.3, -0.25) is 9.10 Å². The number of halogens is 2. The number of hydrogen-bond donors (Lipinski definition) is 1. The summed E-state index contributed by atoms with van der Waals surface area (Å²) in [5, 5.41) is 4.08. The van der Waals surface area contributed by atoms with E-state index in [4.69, 9.17) is 23.2 Å². The number of nitrogens with zero attached hydrogens (tertiary/aromatic N) is 1. The van der Waals surface area contributed by atoms with E-state index in [0.29, 0.717) is 40.2 Å². The maximum Gasteiger partial charge on any atom is 0.243 e. The molecule has 0 saturated heterocycles. The first-order valence-corrected chi connectivity index (χ1v) is 13.7. The summed E-state index contributed by atoms with van der Waals surface area (Å²) in [6.45, 7) is 6.11. The monoisotopic (exact) mass is 502 g/mol. The molecule has 0 saturated carbocycles. The minimum atomic E-state index is -3.64. The molecular formula is C22H28Cl2N2O3S2. The Morgan fingerprint density at radius 3 is 2.42 bits per heavy atom. The molecule has 0 aliphatic heterocycles. The molecule has 0 spiro atoms. The van der Waals surface area contributed by atoms with Gasteiger partial charge in [-0.1, -0.05) is 42.3 Å². The molecular weight excluding hydrogens is 475 g/mol. The number of anilines is 1. The zero-order valence-corrected chi connectivity index (χ0v) is 21.3. The SMILES string of the molecule is CC[C@H](C(=O)NCCSCc1ccc(Cl)cc1Cl)N(c1ccc(C)c(C)c1)S(C)(=O)=O. The quantitative estimate of drug-likeness (QED) is 0.453. The fraction of sp³-hybridized carbons (Fsp3) is 0.409. The zero-order valence-electron chi connectivity index (χ0n) is 18.1. The van der Waals surface area contributed by atoms with Crippen molar-refractivity contribution in [2.24, 2.45) is 0 Å². The summed E-state index contributed by atoms with van der Waals surface area (Å²) >= 11 is 13.7. The van der Waals surface area contributed by atoms with Gasteiger partial charge in [0.2, 0.25) is 15.9 Å². The highest BCUT2D eigenvalue weighted by Gasteiger charge is 2.31. The summed E-state index contributed by atoms with van der Waals surface area (Å²) in [5.41, 5.74) is 3.51. The molecule has 1 N–H and O–H groups in total. The van der Waals surface area contributed by atoms with Crippen LogP contribution in [0.25, 0.3) is 0 Å². The molecule has 0 bridgehead atoms. The van der Waals surface area contributed by atoms with E-state index < -0.39 is 16.1 Å². The van der Waals surface area contributed by atoms with Crippen molar-refractivity contribution >= 4 is 56.6 Å². The lowest BCUT2D eigenvalue weighted by atomic mass is 10.1. The average molecular weight is 504 g/mol. The second-order valence-corrected chi connectivity index (χ2v) is 11.1. The van der Waals surface area contributed by atoms with Crippen LogP contribution in [-0.4, -0.2) is 38.9 Å². The van der Waals surface area contributed by atoms with Gasteiger partial charge < -0.3 is 5.32 Å². The Bertz CT molecular complexity index is 1030. The van der Waals surface area contributed by atoms with E-state index in [1.165, 1.54) is 4.31 Å². The van der Waals surface area contributed by atoms with E-state index in [1.54, 1.807) is 43.0 Å². The molecule has 0 unspecified atom stereocenters. The Kier molecular flexibility index (Phi) is 9.55. The summed E-state index contributed by atoms with van der Waals surface area (Å²) in [5.74, 6) is 1.06. The van der Waals surface area contributed by atoms with Crippen LogP contribution in [0.5, 0.6) is 0 Å². The van der Waals surface area contributed by atoms with E-state index in [1.807, 2.05) is 26.0 Å². The molecule has 2 aromatic carbocycles. The summed E-state index contributed by atoms with van der Waals surface area (Å²) in [6.07, 6.45) is 1.49. The van der Waals surface area contributed by atoms with E-state index in [0.717, 1.165) is 22.9 Å². The normalized spacial score (nSPS) is 12.5. The van der Waals surface area contributed by atoms with Crippen molar-refractivity contribution in [2.75, 3.05) is 22.9 Å². The van der Waals surface area contributed by atoms with Crippen molar-refractivity contribution in [2.45, 2.75) is 39.0 Å². The smallest absolute Gasteiger partial charge is 0.243 e. The van der Waals surface area contributed by atoms with Crippen molar-refractivity contribution in [3.05, 3.63) is 63.1 Å². The Hall–Kier alpha value is -1.41. The molecule has 2 aromatic rings. The first-order valence-electron chi connectivity index (χ1n) is 9.90. The van der Waals surface area contributed by atoms with Gasteiger partial charge in [-0.25, -0.2) is 8.42 Å². The van der Waals surface area contributed by atoms with Gasteiger partial charge in [0, 0.05) is 28.1 Å². The van der Waals surface area contributed by atoms with Crippen LogP contribution in [0.3, 0.4) is 0 Å². The topological polar surface area (TPSA) is 66.5 Å². The standard InChI is InChI=1S/C22H28Cl2N2O3S2/c1-5-21(26(31(4,28)29)19-9-6-15(2)16(3)12-19)22(27)25-10-11-30-14-17-7-8-18(23)13-20(17)24/h6-9,12-13,21H,5,10-11,14H2,1-4H3,(H,25,27)/t21-/m1/s1. The second kappa shape index (κ2) is 11.5. The summed E-state index contributed by atoms with van der Waals surface area (Å²) in [7, 11) is -3.64. The third-order valence-corrected chi connectivity index (χ3v) is 7.67. The summed E-state index contributed by atoms with van der Waals surface area (Å²) in [4.78, 5) is 12.9. The van der Waals surface area contributed by atoms with Gasteiger partial charge in [0.05, 0.1) is 11.9 Å². The van der Waals surface area contributed by atoms with Gasteiger partial charge in [-0.05, 0) is 61.2 Å². The predicted octanol–water partition coefficient (Wildman–Crippen LogP) is 5.20. The van der Waals surface area contributed by atoms with E-state index in [-0.39, 0.29) is 5.91 Å². The number of carbonyl (C=O) groups excluding carboxylic acids is 1. The van der Waals surface area contributed by atoms with Gasteiger partial charge >= 0.3 is 0 Å². The van der Waals surface area contributed by atoms with Crippen LogP contribution in [0.4, 0.5) is 5.69 Å². The van der Waals surface area contributed by atoms with E-state index >= 15 is 0 Å². The van der Waals surface area contributed by atoms with Crippen LogP contribution in [-0.2, 0) is 20.6 Å². The highest BCUT2D eigenvalue weighted by molar-refractivity contribution is 7.98. The molecule has 2 rings (SSSR count). The van der Waals surface area contributed by atoms with Crippen LogP contribution >= 0.6 is 35.0 Å². The first-order chi connectivity index (χ1) is 14.5. The van der Waals surface area contributed by atoms with Crippen molar-refractivity contribution in [1.82, 2.24) is 5.32 Å². The molecule has 0 aliphatic rings. The third-order valence-electron chi connectivity index (χ3n) is 4.89. The molecule has 31 heavy (non-hydrogen) atoms. The molecule has 5 nitrogen and oxygen atoms in total. The van der Waals surface area contributed by atoms with Gasteiger partial charge in [-0.2, -0.15) is 11.8 Å². The number of sulfonamides is 1. The Morgan fingerprint density at radius 2 is 1.84 bits per heavy atom. The Balaban J connectivity index is 2.00. The van der Waals surface area contributed by atoms with Crippen LogP contribution in [0.1, 0.15) is 30.0 Å². The van der Waals surface area contributed by atoms with Crippen molar-refractivity contribution in [1.29, 1.82) is 0 Å². The fourth-order valence-corrected chi connectivity index (χ4v) is 5.73. The molecule has 0 aliphatic carbocycles. The number of amides is 1. The molecule has 1 atom stereocenters. The molecule has 1 amide bonds. The third kappa shape index (κ3) is 7.31. The second-order valence-electron chi connectivity index (χ2n) is 7.33. The highest BCUT2D eigenvalue weighted by atomic mass is 35.5. The molecule has 0 radical (unpaired) electrons. The molecule has 0 heterocycles. The number of nitrogens with one attached hydrogen (secondary N) is 1. The lowest BCUT2D eigenvalue weighted by Crippen LogP contribution is -2.49. The highest BCUT2D eigenvalue weighted by Crippen LogP contribution is 2.26. The number of carbonyl (C=O) groups is 1. The van der Waals surface area contributed by atoms with Gasteiger partial charge in [-0.15, -0.1) is 0 Å². The average Bonchev–Trinajstić information content (AvgIpc) is 2.68. The lowest BCUT2D eigenvalue weighted by molar-refractivity contribution is -0.122. The Morgan fingerprint density at radius 1 is 1.13 bits per heavy atom.